The summed E-state index contributed by atoms with van der Waals surface area (Å²) in [5.41, 5.74) is 6.94. The smallest absolute Gasteiger partial charge is 0.125 e. The summed E-state index contributed by atoms with van der Waals surface area (Å²) in [6, 6.07) is 29.9. The first kappa shape index (κ1) is 28.8. The number of hydrogen-bond donors (Lipinski definition) is 1. The molecule has 216 valence electrons. The Kier molecular flexibility index (Phi) is 7.62. The van der Waals surface area contributed by atoms with E-state index in [-0.39, 0.29) is 26.8 Å². The molecule has 5 nitrogen and oxygen atoms in total. The number of aromatic hydroxyl groups is 1. The average Bonchev–Trinajstić information content (AvgIpc) is 3.45. The molecular formula is C37H31N4OPt-. The van der Waals surface area contributed by atoms with E-state index >= 15 is 0 Å². The molecular weight excluding hydrogens is 712 g/mol. The van der Waals surface area contributed by atoms with Gasteiger partial charge >= 0.3 is 0 Å². The van der Waals surface area contributed by atoms with Crippen molar-refractivity contribution in [3.8, 4) is 34.2 Å². The molecule has 0 amide bonds. The molecule has 43 heavy (non-hydrogen) atoms. The Bertz CT molecular complexity index is 2100. The van der Waals surface area contributed by atoms with Gasteiger partial charge in [0.15, 0.2) is 0 Å². The van der Waals surface area contributed by atoms with Crippen LogP contribution in [-0.2, 0) is 21.1 Å². The van der Waals surface area contributed by atoms with Gasteiger partial charge in [0.25, 0.3) is 0 Å². The second-order valence-electron chi connectivity index (χ2n) is 11.4. The number of imidazole rings is 1. The Balaban J connectivity index is 0.00000329. The molecule has 0 radical (unpaired) electrons. The van der Waals surface area contributed by atoms with Gasteiger partial charge in [-0.05, 0) is 52.9 Å². The van der Waals surface area contributed by atoms with Crippen molar-refractivity contribution in [3.05, 3.63) is 115 Å². The van der Waals surface area contributed by atoms with E-state index in [0.717, 1.165) is 60.9 Å². The number of hydrogen-bond acceptors (Lipinski definition) is 4. The van der Waals surface area contributed by atoms with Crippen molar-refractivity contribution in [1.29, 1.82) is 0 Å². The first-order valence-electron chi connectivity index (χ1n) is 14.4. The number of benzene rings is 4. The molecule has 1 N–H and O–H groups in total. The van der Waals surface area contributed by atoms with Crippen LogP contribution in [0.1, 0.15) is 50.7 Å². The van der Waals surface area contributed by atoms with Crippen LogP contribution < -0.4 is 0 Å². The minimum absolute atomic E-state index is 0. The Morgan fingerprint density at radius 1 is 0.721 bits per heavy atom. The largest absolute Gasteiger partial charge is 0.507 e. The number of phenols is 1. The minimum Gasteiger partial charge on any atom is -0.507 e. The number of fused-ring (bicyclic) bond motifs is 4. The Morgan fingerprint density at radius 3 is 2.16 bits per heavy atom. The number of aromatic nitrogens is 4. The van der Waals surface area contributed by atoms with Crippen LogP contribution in [0.3, 0.4) is 0 Å². The number of phenolic OH excluding ortho intramolecular Hbond substituents is 1. The third kappa shape index (κ3) is 4.92. The van der Waals surface area contributed by atoms with Gasteiger partial charge < -0.3 is 9.67 Å². The molecule has 0 aliphatic carbocycles. The number of nitrogens with zero attached hydrogens (tertiary/aromatic N) is 4. The number of pyridine rings is 2. The van der Waals surface area contributed by atoms with Gasteiger partial charge in [-0.25, -0.2) is 9.97 Å². The summed E-state index contributed by atoms with van der Waals surface area (Å²) in [6.07, 6.45) is 5.69. The normalized spacial score (nSPS) is 11.6. The molecule has 0 fully saturated rings. The van der Waals surface area contributed by atoms with Crippen molar-refractivity contribution in [3.63, 3.8) is 0 Å². The molecule has 0 unspecified atom stereocenters. The first-order valence-corrected chi connectivity index (χ1v) is 14.4. The van der Waals surface area contributed by atoms with Crippen molar-refractivity contribution in [2.75, 3.05) is 0 Å². The standard InChI is InChI=1S/C37H31N4O.Pt/c1-22(2)27-10-7-11-28(23(3)4)36(27)41-21-32(40-37(41)30-12-5-9-26-20-38-19-18-29(26)30)31-17-16-25-15-14-24-8-6-13-33(42)34(24)35(25)39-31;/h5-17,19-23,42H,1-4H3;/q-1;. The van der Waals surface area contributed by atoms with Crippen LogP contribution in [-0.4, -0.2) is 24.6 Å². The summed E-state index contributed by atoms with van der Waals surface area (Å²) in [4.78, 5) is 14.7. The first-order chi connectivity index (χ1) is 20.4. The van der Waals surface area contributed by atoms with Crippen LogP contribution in [0.4, 0.5) is 0 Å². The molecule has 0 aliphatic heterocycles. The summed E-state index contributed by atoms with van der Waals surface area (Å²) in [6.45, 7) is 8.95. The van der Waals surface area contributed by atoms with Crippen molar-refractivity contribution in [2.45, 2.75) is 39.5 Å². The summed E-state index contributed by atoms with van der Waals surface area (Å²) < 4.78 is 2.25. The monoisotopic (exact) mass is 742 g/mol. The van der Waals surface area contributed by atoms with Crippen molar-refractivity contribution in [2.24, 2.45) is 0 Å². The second-order valence-corrected chi connectivity index (χ2v) is 11.4. The number of para-hydroxylation sites is 1. The molecule has 7 aromatic rings. The maximum atomic E-state index is 10.8. The topological polar surface area (TPSA) is 63.8 Å². The molecule has 3 aromatic heterocycles. The third-order valence-corrected chi connectivity index (χ3v) is 8.07. The Morgan fingerprint density at radius 2 is 1.40 bits per heavy atom. The molecule has 0 saturated carbocycles. The van der Waals surface area contributed by atoms with Gasteiger partial charge in [-0.1, -0.05) is 87.9 Å². The van der Waals surface area contributed by atoms with Crippen LogP contribution in [0.2, 0.25) is 0 Å². The summed E-state index contributed by atoms with van der Waals surface area (Å²) in [7, 11) is 0. The van der Waals surface area contributed by atoms with Crippen LogP contribution in [0.15, 0.2) is 97.5 Å². The van der Waals surface area contributed by atoms with Gasteiger partial charge in [0.05, 0.1) is 22.7 Å². The predicted octanol–water partition coefficient (Wildman–Crippen LogP) is 9.21. The van der Waals surface area contributed by atoms with E-state index < -0.39 is 0 Å². The van der Waals surface area contributed by atoms with Crippen LogP contribution in [0.25, 0.3) is 60.9 Å². The summed E-state index contributed by atoms with van der Waals surface area (Å²) in [5, 5.41) is 15.4. The van der Waals surface area contributed by atoms with E-state index in [9.17, 15) is 5.11 Å². The SMILES string of the molecule is CC(C)c1cccc(C(C)C)c1-n1cc(-c2ccc3ccc4cccc(O)c4c3n2)nc1-c1cccc2cnc[c-]c12.[Pt]. The molecule has 0 bridgehead atoms. The van der Waals surface area contributed by atoms with Crippen molar-refractivity contribution < 1.29 is 26.2 Å². The zero-order valence-electron chi connectivity index (χ0n) is 24.4. The maximum absolute atomic E-state index is 10.8. The molecule has 0 spiro atoms. The van der Waals surface area contributed by atoms with Gasteiger partial charge in [0.1, 0.15) is 11.4 Å². The zero-order valence-corrected chi connectivity index (χ0v) is 26.7. The minimum atomic E-state index is 0. The number of rotatable bonds is 5. The van der Waals surface area contributed by atoms with Gasteiger partial charge in [-0.15, -0.1) is 17.5 Å². The van der Waals surface area contributed by atoms with Crippen LogP contribution >= 0.6 is 0 Å². The van der Waals surface area contributed by atoms with Crippen molar-refractivity contribution >= 4 is 32.4 Å². The third-order valence-electron chi connectivity index (χ3n) is 8.07. The van der Waals surface area contributed by atoms with E-state index in [1.807, 2.05) is 42.6 Å². The summed E-state index contributed by atoms with van der Waals surface area (Å²) in [5.74, 6) is 1.68. The van der Waals surface area contributed by atoms with E-state index in [4.69, 9.17) is 9.97 Å². The van der Waals surface area contributed by atoms with Crippen LogP contribution in [0, 0.1) is 6.07 Å². The Hall–Kier alpha value is -4.34. The molecule has 0 saturated heterocycles. The fourth-order valence-corrected chi connectivity index (χ4v) is 5.98. The van der Waals surface area contributed by atoms with E-state index in [1.165, 1.54) is 11.1 Å². The predicted molar refractivity (Wildman–Crippen MR) is 171 cm³/mol. The zero-order chi connectivity index (χ0) is 29.0. The van der Waals surface area contributed by atoms with Crippen molar-refractivity contribution in [1.82, 2.24) is 19.5 Å². The molecule has 0 aliphatic rings. The fourth-order valence-electron chi connectivity index (χ4n) is 5.98. The molecule has 0 atom stereocenters. The molecule has 4 aromatic carbocycles. The molecule has 3 heterocycles. The van der Waals surface area contributed by atoms with Gasteiger partial charge in [0, 0.05) is 38.0 Å². The van der Waals surface area contributed by atoms with Gasteiger partial charge in [0.2, 0.25) is 0 Å². The van der Waals surface area contributed by atoms with E-state index in [0.29, 0.717) is 11.8 Å². The summed E-state index contributed by atoms with van der Waals surface area (Å²) >= 11 is 0. The Labute approximate surface area is 265 Å². The quantitative estimate of drug-likeness (QED) is 0.141. The molecule has 7 rings (SSSR count). The maximum Gasteiger partial charge on any atom is 0.125 e. The fraction of sp³-hybridized carbons (Fsp3) is 0.162. The van der Waals surface area contributed by atoms with E-state index in [1.54, 1.807) is 12.3 Å². The second kappa shape index (κ2) is 11.4. The average molecular weight is 743 g/mol. The van der Waals surface area contributed by atoms with Gasteiger partial charge in [-0.2, -0.15) is 11.5 Å². The van der Waals surface area contributed by atoms with E-state index in [2.05, 4.69) is 85.9 Å². The molecule has 6 heteroatoms. The van der Waals surface area contributed by atoms with Crippen LogP contribution in [0.5, 0.6) is 5.75 Å². The van der Waals surface area contributed by atoms with Gasteiger partial charge in [-0.3, -0.25) is 4.98 Å².